The first kappa shape index (κ1) is 21.1. The molecule has 0 aliphatic heterocycles. The minimum Gasteiger partial charge on any atom is -0.406 e. The lowest BCUT2D eigenvalue weighted by atomic mass is 9.96. The van der Waals surface area contributed by atoms with Crippen LogP contribution in [0.4, 0.5) is 26.3 Å². The van der Waals surface area contributed by atoms with Crippen molar-refractivity contribution < 1.29 is 31.1 Å². The van der Waals surface area contributed by atoms with E-state index in [1.165, 1.54) is 24.5 Å². The van der Waals surface area contributed by atoms with Crippen molar-refractivity contribution in [3.63, 3.8) is 0 Å². The summed E-state index contributed by atoms with van der Waals surface area (Å²) >= 11 is 0. The maximum absolute atomic E-state index is 12.9. The molecule has 3 aromatic rings. The molecule has 0 fully saturated rings. The largest absolute Gasteiger partial charge is 0.573 e. The zero-order chi connectivity index (χ0) is 22.1. The fourth-order valence-corrected chi connectivity index (χ4v) is 2.71. The molecule has 0 aliphatic carbocycles. The summed E-state index contributed by atoms with van der Waals surface area (Å²) in [6.45, 7) is 0. The van der Waals surface area contributed by atoms with Crippen LogP contribution in [-0.2, 0) is 0 Å². The van der Waals surface area contributed by atoms with Crippen molar-refractivity contribution in [1.82, 2.24) is 9.55 Å². The van der Waals surface area contributed by atoms with Gasteiger partial charge in [-0.1, -0.05) is 12.1 Å². The Morgan fingerprint density at radius 1 is 0.933 bits per heavy atom. The molecule has 0 atom stereocenters. The summed E-state index contributed by atoms with van der Waals surface area (Å²) in [6.07, 6.45) is -6.16. The molecule has 0 spiro atoms. The standard InChI is InChI=1S/C19H12F6N4O/c20-18(21,22)17(27)29-10-12(3-6-16(29)26)14-5-4-13(30-19(23,24)25)8-15(14)11-2-1-7-28-9-11/h1-10,26-27H. The molecule has 0 unspecified atom stereocenters. The maximum atomic E-state index is 12.9. The summed E-state index contributed by atoms with van der Waals surface area (Å²) in [5, 5.41) is 15.0. The molecule has 2 aromatic heterocycles. The molecule has 0 aliphatic rings. The summed E-state index contributed by atoms with van der Waals surface area (Å²) in [6, 6.07) is 8.87. The lowest BCUT2D eigenvalue weighted by molar-refractivity contribution is -0.274. The average Bonchev–Trinajstić information content (AvgIpc) is 2.67. The summed E-state index contributed by atoms with van der Waals surface area (Å²) in [7, 11) is 0. The lowest BCUT2D eigenvalue weighted by Gasteiger charge is -2.16. The molecule has 2 N–H and O–H groups in total. The van der Waals surface area contributed by atoms with Crippen LogP contribution in [0.5, 0.6) is 5.75 Å². The molecule has 0 amide bonds. The molecule has 3 rings (SSSR count). The van der Waals surface area contributed by atoms with Crippen molar-refractivity contribution in [2.45, 2.75) is 12.5 Å². The van der Waals surface area contributed by atoms with E-state index in [9.17, 15) is 26.3 Å². The van der Waals surface area contributed by atoms with Gasteiger partial charge in [0.15, 0.2) is 0 Å². The van der Waals surface area contributed by atoms with Gasteiger partial charge in [-0.2, -0.15) is 13.2 Å². The van der Waals surface area contributed by atoms with E-state index in [-0.39, 0.29) is 16.7 Å². The van der Waals surface area contributed by atoms with Crippen LogP contribution < -0.4 is 10.2 Å². The van der Waals surface area contributed by atoms with Crippen LogP contribution in [0.3, 0.4) is 0 Å². The van der Waals surface area contributed by atoms with Gasteiger partial charge in [-0.3, -0.25) is 20.4 Å². The number of hydrogen-bond acceptors (Lipinski definition) is 4. The number of hydrogen-bond donors (Lipinski definition) is 2. The molecular formula is C19H12F6N4O. The molecule has 0 saturated carbocycles. The van der Waals surface area contributed by atoms with Crippen molar-refractivity contribution in [2.24, 2.45) is 0 Å². The number of nitrogens with one attached hydrogen (secondary N) is 2. The Bertz CT molecular complexity index is 1140. The molecule has 1 aromatic carbocycles. The Balaban J connectivity index is 2.19. The van der Waals surface area contributed by atoms with Gasteiger partial charge in [-0.25, -0.2) is 0 Å². The first-order valence-electron chi connectivity index (χ1n) is 8.20. The second kappa shape index (κ2) is 7.65. The zero-order valence-electron chi connectivity index (χ0n) is 14.8. The number of pyridine rings is 2. The second-order valence-electron chi connectivity index (χ2n) is 6.02. The van der Waals surface area contributed by atoms with Crippen LogP contribution in [-0.4, -0.2) is 27.9 Å². The summed E-state index contributed by atoms with van der Waals surface area (Å²) in [5.74, 6) is -2.28. The van der Waals surface area contributed by atoms with Crippen LogP contribution in [0.15, 0.2) is 61.1 Å². The molecule has 5 nitrogen and oxygen atoms in total. The van der Waals surface area contributed by atoms with Gasteiger partial charge in [0.25, 0.3) is 0 Å². The summed E-state index contributed by atoms with van der Waals surface area (Å²) < 4.78 is 80.9. The summed E-state index contributed by atoms with van der Waals surface area (Å²) in [5.41, 5.74) is 0.444. The molecule has 0 bridgehead atoms. The number of alkyl halides is 6. The van der Waals surface area contributed by atoms with Gasteiger partial charge in [0.2, 0.25) is 5.84 Å². The Labute approximate surface area is 165 Å². The van der Waals surface area contributed by atoms with Crippen LogP contribution in [0.25, 0.3) is 22.3 Å². The minimum absolute atomic E-state index is 0.150. The SMILES string of the molecule is N=C(n1cc(-c2ccc(OC(F)(F)F)cc2-c2cccnc2)ccc1=N)C(F)(F)F. The number of rotatable bonds is 3. The van der Waals surface area contributed by atoms with Gasteiger partial charge in [-0.05, 0) is 47.0 Å². The predicted molar refractivity (Wildman–Crippen MR) is 94.8 cm³/mol. The lowest BCUT2D eigenvalue weighted by Crippen LogP contribution is -2.36. The number of ether oxygens (including phenoxy) is 1. The highest BCUT2D eigenvalue weighted by Gasteiger charge is 2.36. The molecule has 11 heteroatoms. The maximum Gasteiger partial charge on any atom is 0.573 e. The third-order valence-electron chi connectivity index (χ3n) is 3.97. The van der Waals surface area contributed by atoms with E-state index < -0.39 is 29.6 Å². The first-order valence-corrected chi connectivity index (χ1v) is 8.20. The number of nitrogens with zero attached hydrogens (tertiary/aromatic N) is 2. The Hall–Kier alpha value is -3.63. The molecule has 30 heavy (non-hydrogen) atoms. The highest BCUT2D eigenvalue weighted by atomic mass is 19.4. The van der Waals surface area contributed by atoms with Crippen LogP contribution >= 0.6 is 0 Å². The van der Waals surface area contributed by atoms with Crippen molar-refractivity contribution in [3.8, 4) is 28.0 Å². The van der Waals surface area contributed by atoms with Gasteiger partial charge < -0.3 is 4.74 Å². The fraction of sp³-hybridized carbons (Fsp3) is 0.105. The van der Waals surface area contributed by atoms with E-state index in [0.717, 1.165) is 24.4 Å². The highest BCUT2D eigenvalue weighted by Crippen LogP contribution is 2.36. The third-order valence-corrected chi connectivity index (χ3v) is 3.97. The van der Waals surface area contributed by atoms with Crippen molar-refractivity contribution in [2.75, 3.05) is 0 Å². The van der Waals surface area contributed by atoms with E-state index in [0.29, 0.717) is 10.1 Å². The third kappa shape index (κ3) is 4.67. The van der Waals surface area contributed by atoms with Crippen molar-refractivity contribution in [1.29, 1.82) is 10.8 Å². The number of aromatic nitrogens is 2. The Morgan fingerprint density at radius 3 is 2.27 bits per heavy atom. The molecule has 0 radical (unpaired) electrons. The van der Waals surface area contributed by atoms with Gasteiger partial charge in [0, 0.05) is 24.2 Å². The number of halogens is 6. The van der Waals surface area contributed by atoms with E-state index in [1.807, 2.05) is 0 Å². The topological polar surface area (TPSA) is 74.8 Å². The van der Waals surface area contributed by atoms with Crippen LogP contribution in [0.2, 0.25) is 0 Å². The van der Waals surface area contributed by atoms with Crippen LogP contribution in [0.1, 0.15) is 0 Å². The van der Waals surface area contributed by atoms with Gasteiger partial charge in [0.1, 0.15) is 11.2 Å². The van der Waals surface area contributed by atoms with E-state index >= 15 is 0 Å². The van der Waals surface area contributed by atoms with E-state index in [4.69, 9.17) is 10.8 Å². The van der Waals surface area contributed by atoms with Gasteiger partial charge >= 0.3 is 12.5 Å². The Morgan fingerprint density at radius 2 is 1.67 bits per heavy atom. The van der Waals surface area contributed by atoms with E-state index in [1.54, 1.807) is 12.1 Å². The highest BCUT2D eigenvalue weighted by molar-refractivity contribution is 5.89. The predicted octanol–water partition coefficient (Wildman–Crippen LogP) is 4.98. The smallest absolute Gasteiger partial charge is 0.406 e. The molecule has 2 heterocycles. The average molecular weight is 426 g/mol. The monoisotopic (exact) mass is 426 g/mol. The van der Waals surface area contributed by atoms with Crippen LogP contribution in [0, 0.1) is 10.8 Å². The molecule has 0 saturated heterocycles. The zero-order valence-corrected chi connectivity index (χ0v) is 14.8. The fourth-order valence-electron chi connectivity index (χ4n) is 2.71. The number of benzene rings is 1. The Kier molecular flexibility index (Phi) is 5.38. The molecule has 156 valence electrons. The molecular weight excluding hydrogens is 414 g/mol. The van der Waals surface area contributed by atoms with Gasteiger partial charge in [0.05, 0.1) is 0 Å². The van der Waals surface area contributed by atoms with Crippen molar-refractivity contribution >= 4 is 5.84 Å². The minimum atomic E-state index is -4.99. The second-order valence-corrected chi connectivity index (χ2v) is 6.02. The van der Waals surface area contributed by atoms with Gasteiger partial charge in [-0.15, -0.1) is 13.2 Å². The first-order chi connectivity index (χ1) is 14.0. The van der Waals surface area contributed by atoms with E-state index in [2.05, 4.69) is 9.72 Å². The normalized spacial score (nSPS) is 11.9. The quantitative estimate of drug-likeness (QED) is 0.352. The van der Waals surface area contributed by atoms with Crippen molar-refractivity contribution in [3.05, 3.63) is 66.5 Å². The summed E-state index contributed by atoms with van der Waals surface area (Å²) in [4.78, 5) is 3.91.